The molecular weight excluding hydrogens is 410 g/mol. The molecule has 3 aromatic rings. The van der Waals surface area contributed by atoms with Gasteiger partial charge in [0.2, 0.25) is 10.0 Å². The van der Waals surface area contributed by atoms with Crippen LogP contribution in [0, 0.1) is 6.92 Å². The number of carboxylic acids is 1. The Bertz CT molecular complexity index is 1260. The van der Waals surface area contributed by atoms with Crippen molar-refractivity contribution in [2.24, 2.45) is 0 Å². The second kappa shape index (κ2) is 7.47. The van der Waals surface area contributed by atoms with Crippen molar-refractivity contribution in [2.45, 2.75) is 24.3 Å². The molecule has 1 aromatic heterocycles. The molecule has 1 aliphatic heterocycles. The first-order chi connectivity index (χ1) is 14.2. The van der Waals surface area contributed by atoms with E-state index in [2.05, 4.69) is 15.0 Å². The molecule has 2 heterocycles. The van der Waals surface area contributed by atoms with Gasteiger partial charge >= 0.3 is 5.97 Å². The van der Waals surface area contributed by atoms with Crippen LogP contribution in [0.1, 0.15) is 11.1 Å². The normalized spacial score (nSPS) is 14.6. The van der Waals surface area contributed by atoms with E-state index >= 15 is 0 Å². The summed E-state index contributed by atoms with van der Waals surface area (Å²) in [5.74, 6) is -1.33. The molecule has 2 aromatic carbocycles. The number of ether oxygens (including phenoxy) is 1. The zero-order valence-corrected chi connectivity index (χ0v) is 16.7. The molecule has 4 rings (SSSR count). The number of H-pyrrole nitrogens is 1. The van der Waals surface area contributed by atoms with Crippen LogP contribution in [0.3, 0.4) is 0 Å². The summed E-state index contributed by atoms with van der Waals surface area (Å²) < 4.78 is 33.5. The maximum absolute atomic E-state index is 13.0. The third-order valence-electron chi connectivity index (χ3n) is 4.89. The van der Waals surface area contributed by atoms with Crippen molar-refractivity contribution in [1.82, 2.24) is 9.71 Å². The van der Waals surface area contributed by atoms with Gasteiger partial charge in [0.25, 0.3) is 5.91 Å². The lowest BCUT2D eigenvalue weighted by Gasteiger charge is -2.21. The van der Waals surface area contributed by atoms with Crippen LogP contribution in [-0.2, 0) is 26.0 Å². The molecule has 1 atom stereocenters. The number of benzene rings is 2. The van der Waals surface area contributed by atoms with Crippen LogP contribution in [0.15, 0.2) is 47.5 Å². The third-order valence-corrected chi connectivity index (χ3v) is 6.51. The minimum absolute atomic E-state index is 0.0393. The molecule has 0 spiro atoms. The van der Waals surface area contributed by atoms with Crippen molar-refractivity contribution < 1.29 is 27.9 Å². The fourth-order valence-corrected chi connectivity index (χ4v) is 4.89. The van der Waals surface area contributed by atoms with E-state index in [-0.39, 0.29) is 23.6 Å². The molecule has 0 saturated heterocycles. The highest BCUT2D eigenvalue weighted by Gasteiger charge is 2.29. The second-order valence-corrected chi connectivity index (χ2v) is 8.71. The van der Waals surface area contributed by atoms with Gasteiger partial charge in [-0.25, -0.2) is 8.42 Å². The van der Waals surface area contributed by atoms with Crippen LogP contribution >= 0.6 is 0 Å². The maximum Gasteiger partial charge on any atom is 0.322 e. The van der Waals surface area contributed by atoms with E-state index in [9.17, 15) is 23.1 Å². The smallest absolute Gasteiger partial charge is 0.322 e. The summed E-state index contributed by atoms with van der Waals surface area (Å²) in [5, 5.41) is 13.0. The number of aromatic nitrogens is 1. The van der Waals surface area contributed by atoms with Gasteiger partial charge in [-0.1, -0.05) is 18.2 Å². The van der Waals surface area contributed by atoms with Gasteiger partial charge in [0.15, 0.2) is 6.61 Å². The lowest BCUT2D eigenvalue weighted by Crippen LogP contribution is -2.42. The molecule has 1 aliphatic rings. The van der Waals surface area contributed by atoms with E-state index in [4.69, 9.17) is 4.74 Å². The van der Waals surface area contributed by atoms with E-state index in [0.29, 0.717) is 16.9 Å². The third kappa shape index (κ3) is 3.74. The van der Waals surface area contributed by atoms with Crippen LogP contribution < -0.4 is 14.8 Å². The summed E-state index contributed by atoms with van der Waals surface area (Å²) >= 11 is 0. The number of hydrogen-bond acceptors (Lipinski definition) is 5. The van der Waals surface area contributed by atoms with Crippen LogP contribution in [0.4, 0.5) is 5.69 Å². The molecule has 4 N–H and O–H groups in total. The Hall–Kier alpha value is -3.37. The molecule has 0 unspecified atom stereocenters. The first kappa shape index (κ1) is 19.9. The van der Waals surface area contributed by atoms with Crippen molar-refractivity contribution in [2.75, 3.05) is 11.9 Å². The highest BCUT2D eigenvalue weighted by molar-refractivity contribution is 7.89. The number of sulfonamides is 1. The van der Waals surface area contributed by atoms with Gasteiger partial charge < -0.3 is 20.1 Å². The number of anilines is 1. The number of amides is 1. The van der Waals surface area contributed by atoms with E-state index in [1.807, 2.05) is 24.3 Å². The molecule has 10 heteroatoms. The number of aliphatic carboxylic acids is 1. The topological polar surface area (TPSA) is 138 Å². The second-order valence-electron chi connectivity index (χ2n) is 7.03. The van der Waals surface area contributed by atoms with Crippen LogP contribution in [0.2, 0.25) is 0 Å². The molecule has 156 valence electrons. The average molecular weight is 429 g/mol. The summed E-state index contributed by atoms with van der Waals surface area (Å²) in [6.45, 7) is 1.42. The first-order valence-electron chi connectivity index (χ1n) is 9.12. The van der Waals surface area contributed by atoms with Gasteiger partial charge in [-0.15, -0.1) is 0 Å². The zero-order chi connectivity index (χ0) is 21.5. The van der Waals surface area contributed by atoms with Gasteiger partial charge in [0.05, 0.1) is 10.6 Å². The molecule has 30 heavy (non-hydrogen) atoms. The molecule has 0 fully saturated rings. The first-order valence-corrected chi connectivity index (χ1v) is 10.6. The summed E-state index contributed by atoms with van der Waals surface area (Å²) in [6, 6.07) is 8.76. The van der Waals surface area contributed by atoms with E-state index in [1.165, 1.54) is 12.1 Å². The standard InChI is InChI=1S/C20H19N3O6S/c1-11-6-17-15(22-19(24)10-29-17)8-18(11)30(27,28)23-16(20(25)26)7-12-9-21-14-5-3-2-4-13(12)14/h2-6,8-9,16,21,23H,7,10H2,1H3,(H,22,24)(H,25,26)/t16-/m1/s1. The number of aromatic amines is 1. The van der Waals surface area contributed by atoms with Gasteiger partial charge in [-0.3, -0.25) is 9.59 Å². The Kier molecular flexibility index (Phi) is 4.96. The largest absolute Gasteiger partial charge is 0.482 e. The Labute approximate surface area is 172 Å². The minimum atomic E-state index is -4.19. The van der Waals surface area contributed by atoms with Gasteiger partial charge in [0.1, 0.15) is 11.8 Å². The molecule has 0 bridgehead atoms. The Balaban J connectivity index is 1.64. The quantitative estimate of drug-likeness (QED) is 0.471. The summed E-state index contributed by atoms with van der Waals surface area (Å²) in [6.07, 6.45) is 1.63. The number of rotatable bonds is 6. The number of fused-ring (bicyclic) bond motifs is 2. The Morgan fingerprint density at radius 3 is 2.83 bits per heavy atom. The molecule has 0 aliphatic carbocycles. The Morgan fingerprint density at radius 2 is 2.07 bits per heavy atom. The highest BCUT2D eigenvalue weighted by atomic mass is 32.2. The molecule has 1 amide bonds. The van der Waals surface area contributed by atoms with Crippen molar-refractivity contribution >= 4 is 38.5 Å². The molecule has 0 radical (unpaired) electrons. The lowest BCUT2D eigenvalue weighted by molar-refractivity contribution is -0.138. The summed E-state index contributed by atoms with van der Waals surface area (Å²) in [5.41, 5.74) is 2.11. The number of aryl methyl sites for hydroxylation is 1. The van der Waals surface area contributed by atoms with E-state index < -0.39 is 27.9 Å². The Morgan fingerprint density at radius 1 is 1.30 bits per heavy atom. The SMILES string of the molecule is Cc1cc2c(cc1S(=O)(=O)N[C@H](Cc1c[nH]c3ccccc13)C(=O)O)NC(=O)CO2. The van der Waals surface area contributed by atoms with Crippen molar-refractivity contribution in [3.8, 4) is 5.75 Å². The van der Waals surface area contributed by atoms with E-state index in [1.54, 1.807) is 13.1 Å². The van der Waals surface area contributed by atoms with Crippen LogP contribution in [0.25, 0.3) is 10.9 Å². The van der Waals surface area contributed by atoms with Crippen molar-refractivity contribution in [3.05, 3.63) is 53.7 Å². The van der Waals surface area contributed by atoms with Crippen molar-refractivity contribution in [3.63, 3.8) is 0 Å². The van der Waals surface area contributed by atoms with Crippen LogP contribution in [0.5, 0.6) is 5.75 Å². The number of carboxylic acid groups (broad SMARTS) is 1. The highest BCUT2D eigenvalue weighted by Crippen LogP contribution is 2.33. The minimum Gasteiger partial charge on any atom is -0.482 e. The molecule has 9 nitrogen and oxygen atoms in total. The zero-order valence-electron chi connectivity index (χ0n) is 15.9. The molecule has 0 saturated carbocycles. The number of carbonyl (C=O) groups excluding carboxylic acids is 1. The monoisotopic (exact) mass is 429 g/mol. The number of hydrogen-bond donors (Lipinski definition) is 4. The van der Waals surface area contributed by atoms with E-state index in [0.717, 1.165) is 10.9 Å². The molecular formula is C20H19N3O6S. The van der Waals surface area contributed by atoms with Gasteiger partial charge in [-0.05, 0) is 36.2 Å². The van der Waals surface area contributed by atoms with Crippen LogP contribution in [-0.4, -0.2) is 43.0 Å². The lowest BCUT2D eigenvalue weighted by atomic mass is 10.1. The predicted molar refractivity (Wildman–Crippen MR) is 109 cm³/mol. The maximum atomic E-state index is 13.0. The fraction of sp³-hybridized carbons (Fsp3) is 0.200. The van der Waals surface area contributed by atoms with Gasteiger partial charge in [-0.2, -0.15) is 4.72 Å². The predicted octanol–water partition coefficient (Wildman–Crippen LogP) is 1.78. The fourth-order valence-electron chi connectivity index (χ4n) is 3.45. The summed E-state index contributed by atoms with van der Waals surface area (Å²) in [4.78, 5) is 26.3. The van der Waals surface area contributed by atoms with Gasteiger partial charge in [0, 0.05) is 23.5 Å². The summed E-state index contributed by atoms with van der Waals surface area (Å²) in [7, 11) is -4.19. The number of para-hydroxylation sites is 1. The van der Waals surface area contributed by atoms with Crippen molar-refractivity contribution in [1.29, 1.82) is 0 Å². The average Bonchev–Trinajstić information content (AvgIpc) is 3.10. The number of carbonyl (C=O) groups is 2. The number of nitrogens with one attached hydrogen (secondary N) is 3.